The van der Waals surface area contributed by atoms with Gasteiger partial charge in [0.05, 0.1) is 18.6 Å². The van der Waals surface area contributed by atoms with Crippen LogP contribution in [0.5, 0.6) is 0 Å². The van der Waals surface area contributed by atoms with Gasteiger partial charge in [-0.15, -0.1) is 0 Å². The van der Waals surface area contributed by atoms with Gasteiger partial charge in [-0.25, -0.2) is 14.8 Å². The number of hydrogen-bond donors (Lipinski definition) is 0. The van der Waals surface area contributed by atoms with Gasteiger partial charge in [-0.1, -0.05) is 11.8 Å². The largest absolute Gasteiger partial charge is 0.461 e. The standard InChI is InChI=1S/C9H9N3O3S2/c1-2-14-8(13)7-11-6(12-17-7)5-16-9-10-3-4-15-9/h3-4H,2,5H2,1H3. The van der Waals surface area contributed by atoms with Gasteiger partial charge in [-0.3, -0.25) is 0 Å². The van der Waals surface area contributed by atoms with Crippen LogP contribution in [0.25, 0.3) is 0 Å². The Bertz CT molecular complexity index is 483. The maximum atomic E-state index is 11.3. The van der Waals surface area contributed by atoms with Gasteiger partial charge in [0, 0.05) is 0 Å². The van der Waals surface area contributed by atoms with E-state index in [0.717, 1.165) is 11.5 Å². The molecule has 90 valence electrons. The lowest BCUT2D eigenvalue weighted by Gasteiger charge is -1.94. The predicted molar refractivity (Wildman–Crippen MR) is 61.9 cm³/mol. The van der Waals surface area contributed by atoms with Crippen LogP contribution >= 0.6 is 23.3 Å². The van der Waals surface area contributed by atoms with E-state index in [0.29, 0.717) is 23.4 Å². The summed E-state index contributed by atoms with van der Waals surface area (Å²) >= 11 is 2.41. The molecule has 0 saturated carbocycles. The second-order valence-electron chi connectivity index (χ2n) is 2.82. The Morgan fingerprint density at radius 1 is 1.65 bits per heavy atom. The molecule has 0 aliphatic carbocycles. The molecule has 0 atom stereocenters. The lowest BCUT2D eigenvalue weighted by molar-refractivity contribution is 0.0525. The molecule has 0 amide bonds. The second-order valence-corrected chi connectivity index (χ2v) is 4.50. The van der Waals surface area contributed by atoms with Crippen LogP contribution in [0.3, 0.4) is 0 Å². The van der Waals surface area contributed by atoms with Crippen molar-refractivity contribution in [2.75, 3.05) is 6.61 Å². The molecule has 2 aromatic heterocycles. The fraction of sp³-hybridized carbons (Fsp3) is 0.333. The van der Waals surface area contributed by atoms with Gasteiger partial charge < -0.3 is 9.15 Å². The molecule has 0 aromatic carbocycles. The molecule has 0 fully saturated rings. The first-order chi connectivity index (χ1) is 8.29. The van der Waals surface area contributed by atoms with Crippen molar-refractivity contribution in [2.45, 2.75) is 17.9 Å². The summed E-state index contributed by atoms with van der Waals surface area (Å²) in [6.45, 7) is 2.08. The SMILES string of the molecule is CCOC(=O)c1nc(CSc2ncco2)ns1. The first-order valence-electron chi connectivity index (χ1n) is 4.81. The van der Waals surface area contributed by atoms with Crippen molar-refractivity contribution in [1.29, 1.82) is 0 Å². The third kappa shape index (κ3) is 3.27. The Morgan fingerprint density at radius 2 is 2.53 bits per heavy atom. The minimum absolute atomic E-state index is 0.273. The van der Waals surface area contributed by atoms with Crippen molar-refractivity contribution in [1.82, 2.24) is 14.3 Å². The smallest absolute Gasteiger partial charge is 0.369 e. The van der Waals surface area contributed by atoms with Crippen molar-refractivity contribution in [3.63, 3.8) is 0 Å². The molecule has 17 heavy (non-hydrogen) atoms. The highest BCUT2D eigenvalue weighted by atomic mass is 32.2. The highest BCUT2D eigenvalue weighted by Gasteiger charge is 2.14. The Balaban J connectivity index is 1.92. The molecule has 2 heterocycles. The zero-order chi connectivity index (χ0) is 12.1. The molecule has 0 aliphatic heterocycles. The van der Waals surface area contributed by atoms with Crippen LogP contribution in [-0.2, 0) is 10.5 Å². The molecule has 0 aliphatic rings. The number of carbonyl (C=O) groups is 1. The van der Waals surface area contributed by atoms with Crippen LogP contribution in [0, 0.1) is 0 Å². The topological polar surface area (TPSA) is 78.1 Å². The molecule has 0 N–H and O–H groups in total. The summed E-state index contributed by atoms with van der Waals surface area (Å²) in [6.07, 6.45) is 3.07. The number of oxazole rings is 1. The van der Waals surface area contributed by atoms with E-state index in [1.807, 2.05) is 0 Å². The van der Waals surface area contributed by atoms with Gasteiger partial charge in [0.1, 0.15) is 6.26 Å². The van der Waals surface area contributed by atoms with Crippen LogP contribution in [0.15, 0.2) is 22.1 Å². The number of rotatable bonds is 5. The van der Waals surface area contributed by atoms with Crippen molar-refractivity contribution in [3.8, 4) is 0 Å². The lowest BCUT2D eigenvalue weighted by atomic mass is 10.6. The fourth-order valence-corrected chi connectivity index (χ4v) is 2.30. The summed E-state index contributed by atoms with van der Waals surface area (Å²) in [4.78, 5) is 19.4. The third-order valence-corrected chi connectivity index (χ3v) is 3.24. The first kappa shape index (κ1) is 12.1. The summed E-state index contributed by atoms with van der Waals surface area (Å²) in [5.74, 6) is 0.648. The maximum Gasteiger partial charge on any atom is 0.369 e. The molecule has 2 rings (SSSR count). The van der Waals surface area contributed by atoms with Gasteiger partial charge in [0.2, 0.25) is 5.01 Å². The second kappa shape index (κ2) is 5.78. The monoisotopic (exact) mass is 271 g/mol. The Kier molecular flexibility index (Phi) is 4.10. The average molecular weight is 271 g/mol. The fourth-order valence-electron chi connectivity index (χ4n) is 0.996. The van der Waals surface area contributed by atoms with Crippen LogP contribution < -0.4 is 0 Å². The van der Waals surface area contributed by atoms with Gasteiger partial charge in [0.15, 0.2) is 5.82 Å². The quantitative estimate of drug-likeness (QED) is 0.607. The Morgan fingerprint density at radius 3 is 3.24 bits per heavy atom. The number of carbonyl (C=O) groups excluding carboxylic acids is 1. The van der Waals surface area contributed by atoms with Crippen LogP contribution in [0.2, 0.25) is 0 Å². The molecule has 0 bridgehead atoms. The normalized spacial score (nSPS) is 10.4. The number of ether oxygens (including phenoxy) is 1. The highest BCUT2D eigenvalue weighted by Crippen LogP contribution is 2.20. The zero-order valence-electron chi connectivity index (χ0n) is 8.95. The summed E-state index contributed by atoms with van der Waals surface area (Å²) < 4.78 is 13.9. The van der Waals surface area contributed by atoms with Gasteiger partial charge in [-0.05, 0) is 18.5 Å². The predicted octanol–water partition coefficient (Wildman–Crippen LogP) is 2.00. The minimum atomic E-state index is -0.433. The van der Waals surface area contributed by atoms with E-state index in [9.17, 15) is 4.79 Å². The van der Waals surface area contributed by atoms with E-state index in [2.05, 4.69) is 14.3 Å². The molecule has 0 spiro atoms. The molecule has 6 nitrogen and oxygen atoms in total. The van der Waals surface area contributed by atoms with Crippen molar-refractivity contribution < 1.29 is 13.9 Å². The molecule has 0 radical (unpaired) electrons. The van der Waals surface area contributed by atoms with E-state index >= 15 is 0 Å². The summed E-state index contributed by atoms with van der Waals surface area (Å²) in [7, 11) is 0. The van der Waals surface area contributed by atoms with Crippen LogP contribution in [-0.4, -0.2) is 26.9 Å². The molecular formula is C9H9N3O3S2. The van der Waals surface area contributed by atoms with E-state index in [-0.39, 0.29) is 5.01 Å². The molecule has 0 unspecified atom stereocenters. The summed E-state index contributed by atoms with van der Waals surface area (Å²) in [5.41, 5.74) is 0. The summed E-state index contributed by atoms with van der Waals surface area (Å²) in [6, 6.07) is 0. The van der Waals surface area contributed by atoms with Gasteiger partial charge in [-0.2, -0.15) is 4.37 Å². The van der Waals surface area contributed by atoms with E-state index in [1.54, 1.807) is 13.1 Å². The number of aromatic nitrogens is 3. The zero-order valence-corrected chi connectivity index (χ0v) is 10.6. The van der Waals surface area contributed by atoms with Crippen molar-refractivity contribution in [3.05, 3.63) is 23.3 Å². The number of nitrogens with zero attached hydrogens (tertiary/aromatic N) is 3. The van der Waals surface area contributed by atoms with Gasteiger partial charge in [0.25, 0.3) is 5.22 Å². The van der Waals surface area contributed by atoms with Crippen molar-refractivity contribution >= 4 is 29.3 Å². The highest BCUT2D eigenvalue weighted by molar-refractivity contribution is 7.98. The van der Waals surface area contributed by atoms with Crippen LogP contribution in [0.1, 0.15) is 22.6 Å². The first-order valence-corrected chi connectivity index (χ1v) is 6.57. The maximum absolute atomic E-state index is 11.3. The number of esters is 1. The molecular weight excluding hydrogens is 262 g/mol. The number of hydrogen-bond acceptors (Lipinski definition) is 8. The third-order valence-electron chi connectivity index (χ3n) is 1.65. The van der Waals surface area contributed by atoms with E-state index in [1.165, 1.54) is 18.0 Å². The molecule has 0 saturated heterocycles. The molecule has 8 heteroatoms. The minimum Gasteiger partial charge on any atom is -0.461 e. The lowest BCUT2D eigenvalue weighted by Crippen LogP contribution is -2.03. The Hall–Kier alpha value is -1.41. The van der Waals surface area contributed by atoms with E-state index < -0.39 is 5.97 Å². The van der Waals surface area contributed by atoms with Crippen LogP contribution in [0.4, 0.5) is 0 Å². The summed E-state index contributed by atoms with van der Waals surface area (Å²) in [5, 5.41) is 0.826. The van der Waals surface area contributed by atoms with E-state index in [4.69, 9.17) is 9.15 Å². The average Bonchev–Trinajstić information content (AvgIpc) is 2.98. The number of thioether (sulfide) groups is 1. The molecule has 2 aromatic rings. The Labute approximate surface area is 106 Å². The van der Waals surface area contributed by atoms with Gasteiger partial charge >= 0.3 is 5.97 Å². The van der Waals surface area contributed by atoms with Crippen molar-refractivity contribution in [2.24, 2.45) is 0 Å².